The molecule has 0 atom stereocenters. The molecule has 0 radical (unpaired) electrons. The van der Waals surface area contributed by atoms with Gasteiger partial charge in [-0.15, -0.1) is 5.10 Å². The molecule has 0 fully saturated rings. The number of anilines is 1. The molecule has 0 saturated carbocycles. The first-order valence-corrected chi connectivity index (χ1v) is 5.09. The summed E-state index contributed by atoms with van der Waals surface area (Å²) in [5, 5.41) is 15.1. The Balaban J connectivity index is 2.41. The van der Waals surface area contributed by atoms with E-state index in [2.05, 4.69) is 15.4 Å². The maximum Gasteiger partial charge on any atom is 0.252 e. The van der Waals surface area contributed by atoms with Gasteiger partial charge >= 0.3 is 0 Å². The third-order valence-corrected chi connectivity index (χ3v) is 2.36. The predicted molar refractivity (Wildman–Crippen MR) is 63.9 cm³/mol. The fourth-order valence-electron chi connectivity index (χ4n) is 1.48. The lowest BCUT2D eigenvalue weighted by atomic mass is 10.1. The second-order valence-corrected chi connectivity index (χ2v) is 3.48. The Morgan fingerprint density at radius 2 is 2.33 bits per heavy atom. The quantitative estimate of drug-likeness (QED) is 0.725. The van der Waals surface area contributed by atoms with E-state index in [9.17, 15) is 4.79 Å². The molecule has 2 rings (SSSR count). The van der Waals surface area contributed by atoms with Crippen molar-refractivity contribution in [3.8, 4) is 11.8 Å². The number of hydrogen-bond acceptors (Lipinski definition) is 5. The lowest BCUT2D eigenvalue weighted by Crippen LogP contribution is -2.18. The van der Waals surface area contributed by atoms with Gasteiger partial charge in [0.15, 0.2) is 0 Å². The van der Waals surface area contributed by atoms with Crippen molar-refractivity contribution < 1.29 is 4.79 Å². The van der Waals surface area contributed by atoms with Gasteiger partial charge in [-0.1, -0.05) is 0 Å². The summed E-state index contributed by atoms with van der Waals surface area (Å²) < 4.78 is 1.39. The predicted octanol–water partition coefficient (Wildman–Crippen LogP) is 0.0808. The number of nitrogens with one attached hydrogen (secondary N) is 1. The highest BCUT2D eigenvalue weighted by Crippen LogP contribution is 2.18. The van der Waals surface area contributed by atoms with Crippen LogP contribution >= 0.6 is 0 Å². The molecule has 0 aliphatic carbocycles. The molecule has 7 heteroatoms. The van der Waals surface area contributed by atoms with E-state index in [1.807, 2.05) is 6.07 Å². The number of amides is 1. The number of nitrogens with two attached hydrogens (primary N) is 1. The molecule has 0 aliphatic heterocycles. The van der Waals surface area contributed by atoms with Gasteiger partial charge in [-0.05, 0) is 18.2 Å². The zero-order valence-corrected chi connectivity index (χ0v) is 9.58. The van der Waals surface area contributed by atoms with Crippen LogP contribution in [0.2, 0.25) is 0 Å². The summed E-state index contributed by atoms with van der Waals surface area (Å²) in [6.45, 7) is 0. The second-order valence-electron chi connectivity index (χ2n) is 3.48. The van der Waals surface area contributed by atoms with Crippen molar-refractivity contribution in [1.82, 2.24) is 20.1 Å². The molecule has 1 aromatic heterocycles. The topological polar surface area (TPSA) is 110 Å². The summed E-state index contributed by atoms with van der Waals surface area (Å²) >= 11 is 0. The Hall–Kier alpha value is -2.88. The third kappa shape index (κ3) is 1.99. The summed E-state index contributed by atoms with van der Waals surface area (Å²) in [6.07, 6.45) is 1.39. The average Bonchev–Trinajstić information content (AvgIpc) is 2.86. The number of benzene rings is 1. The van der Waals surface area contributed by atoms with E-state index < -0.39 is 0 Å². The van der Waals surface area contributed by atoms with Crippen LogP contribution in [0.5, 0.6) is 0 Å². The van der Waals surface area contributed by atoms with Gasteiger partial charge in [-0.25, -0.2) is 9.67 Å². The van der Waals surface area contributed by atoms with Gasteiger partial charge in [0.1, 0.15) is 12.4 Å². The lowest BCUT2D eigenvalue weighted by molar-refractivity contribution is 0.0963. The SMILES string of the molecule is CNC(=O)c1ccc(-n2cnc(C#N)n2)c(N)c1. The smallest absolute Gasteiger partial charge is 0.252 e. The van der Waals surface area contributed by atoms with E-state index in [-0.39, 0.29) is 11.7 Å². The van der Waals surface area contributed by atoms with Crippen molar-refractivity contribution in [3.63, 3.8) is 0 Å². The first kappa shape index (κ1) is 11.6. The van der Waals surface area contributed by atoms with Crippen molar-refractivity contribution in [1.29, 1.82) is 5.26 Å². The first-order valence-electron chi connectivity index (χ1n) is 5.09. The van der Waals surface area contributed by atoms with Crippen molar-refractivity contribution in [3.05, 3.63) is 35.9 Å². The Kier molecular flexibility index (Phi) is 2.93. The minimum absolute atomic E-state index is 0.0600. The van der Waals surface area contributed by atoms with Crippen molar-refractivity contribution in [2.75, 3.05) is 12.8 Å². The molecule has 1 aromatic carbocycles. The van der Waals surface area contributed by atoms with Gasteiger partial charge < -0.3 is 11.1 Å². The van der Waals surface area contributed by atoms with Crippen LogP contribution in [0.25, 0.3) is 5.69 Å². The van der Waals surface area contributed by atoms with Crippen LogP contribution in [-0.4, -0.2) is 27.7 Å². The van der Waals surface area contributed by atoms with E-state index in [1.54, 1.807) is 25.2 Å². The Labute approximate surface area is 103 Å². The van der Waals surface area contributed by atoms with Gasteiger partial charge in [0, 0.05) is 12.6 Å². The molecule has 2 aromatic rings. The van der Waals surface area contributed by atoms with E-state index in [0.29, 0.717) is 16.9 Å². The van der Waals surface area contributed by atoms with Gasteiger partial charge in [-0.3, -0.25) is 4.79 Å². The van der Waals surface area contributed by atoms with Crippen LogP contribution in [0.1, 0.15) is 16.2 Å². The normalized spacial score (nSPS) is 9.78. The van der Waals surface area contributed by atoms with Crippen molar-refractivity contribution in [2.45, 2.75) is 0 Å². The molecule has 7 nitrogen and oxygen atoms in total. The zero-order valence-electron chi connectivity index (χ0n) is 9.58. The Morgan fingerprint density at radius 1 is 1.56 bits per heavy atom. The molecule has 1 amide bonds. The number of nitriles is 1. The lowest BCUT2D eigenvalue weighted by Gasteiger charge is -2.06. The van der Waals surface area contributed by atoms with Crippen LogP contribution in [-0.2, 0) is 0 Å². The van der Waals surface area contributed by atoms with Crippen LogP contribution in [0.15, 0.2) is 24.5 Å². The van der Waals surface area contributed by atoms with Gasteiger partial charge in [0.25, 0.3) is 11.7 Å². The van der Waals surface area contributed by atoms with Crippen LogP contribution in [0.3, 0.4) is 0 Å². The summed E-state index contributed by atoms with van der Waals surface area (Å²) in [5.74, 6) is -0.158. The van der Waals surface area contributed by atoms with E-state index >= 15 is 0 Å². The monoisotopic (exact) mass is 242 g/mol. The van der Waals surface area contributed by atoms with Crippen LogP contribution in [0, 0.1) is 11.3 Å². The zero-order chi connectivity index (χ0) is 13.1. The fourth-order valence-corrected chi connectivity index (χ4v) is 1.48. The van der Waals surface area contributed by atoms with E-state index in [4.69, 9.17) is 11.0 Å². The van der Waals surface area contributed by atoms with Gasteiger partial charge in [0.05, 0.1) is 11.4 Å². The number of aromatic nitrogens is 3. The number of carbonyl (C=O) groups excluding carboxylic acids is 1. The number of nitrogen functional groups attached to an aromatic ring is 1. The maximum absolute atomic E-state index is 11.4. The Morgan fingerprint density at radius 3 is 2.89 bits per heavy atom. The highest BCUT2D eigenvalue weighted by Gasteiger charge is 2.09. The summed E-state index contributed by atoms with van der Waals surface area (Å²) in [4.78, 5) is 15.2. The molecule has 0 saturated heterocycles. The number of rotatable bonds is 2. The number of hydrogen-bond donors (Lipinski definition) is 2. The summed E-state index contributed by atoms with van der Waals surface area (Å²) in [6, 6.07) is 6.64. The average molecular weight is 242 g/mol. The van der Waals surface area contributed by atoms with Crippen LogP contribution < -0.4 is 11.1 Å². The minimum Gasteiger partial charge on any atom is -0.397 e. The molecule has 3 N–H and O–H groups in total. The molecule has 0 bridgehead atoms. The highest BCUT2D eigenvalue weighted by atomic mass is 16.1. The molecular formula is C11H10N6O. The first-order chi connectivity index (χ1) is 8.65. The van der Waals surface area contributed by atoms with Gasteiger partial charge in [-0.2, -0.15) is 5.26 Å². The molecule has 0 unspecified atom stereocenters. The maximum atomic E-state index is 11.4. The van der Waals surface area contributed by atoms with Crippen LogP contribution in [0.4, 0.5) is 5.69 Å². The highest BCUT2D eigenvalue weighted by molar-refractivity contribution is 5.95. The van der Waals surface area contributed by atoms with E-state index in [0.717, 1.165) is 0 Å². The largest absolute Gasteiger partial charge is 0.397 e. The molecule has 0 aliphatic rings. The summed E-state index contributed by atoms with van der Waals surface area (Å²) in [7, 11) is 1.54. The number of nitrogens with zero attached hydrogens (tertiary/aromatic N) is 4. The molecule has 90 valence electrons. The second kappa shape index (κ2) is 4.55. The molecule has 0 spiro atoms. The molecular weight excluding hydrogens is 232 g/mol. The third-order valence-electron chi connectivity index (χ3n) is 2.36. The minimum atomic E-state index is -0.218. The molecule has 1 heterocycles. The van der Waals surface area contributed by atoms with Crippen molar-refractivity contribution in [2.24, 2.45) is 0 Å². The number of carbonyl (C=O) groups is 1. The van der Waals surface area contributed by atoms with Crippen molar-refractivity contribution >= 4 is 11.6 Å². The van der Waals surface area contributed by atoms with Gasteiger partial charge in [0.2, 0.25) is 0 Å². The Bertz CT molecular complexity index is 639. The standard InChI is InChI=1S/C11H10N6O/c1-14-11(18)7-2-3-9(8(13)4-7)17-6-15-10(5-12)16-17/h2-4,6H,13H2,1H3,(H,14,18). The summed E-state index contributed by atoms with van der Waals surface area (Å²) in [5.41, 5.74) is 7.25. The molecule has 18 heavy (non-hydrogen) atoms. The van der Waals surface area contributed by atoms with E-state index in [1.165, 1.54) is 11.0 Å². The fraction of sp³-hybridized carbons (Fsp3) is 0.0909.